The van der Waals surface area contributed by atoms with Gasteiger partial charge in [-0.05, 0) is 37.8 Å². The summed E-state index contributed by atoms with van der Waals surface area (Å²) < 4.78 is 36.8. The van der Waals surface area contributed by atoms with Crippen molar-refractivity contribution in [2.45, 2.75) is 38.0 Å². The molecule has 2 aliphatic rings. The summed E-state index contributed by atoms with van der Waals surface area (Å²) in [4.78, 5) is 19.3. The van der Waals surface area contributed by atoms with Crippen LogP contribution in [0.1, 0.15) is 31.2 Å². The first-order valence-corrected chi connectivity index (χ1v) is 11.0. The van der Waals surface area contributed by atoms with E-state index >= 15 is 0 Å². The molecule has 2 aliphatic heterocycles. The SMILES string of the molecule is C[C@@H](C(=O)Nc1nc2cc3c(cc2s1)OC(F)(F)O3)N1CCC[C@@H](c2cc[n+]([O-])cc2)C1. The van der Waals surface area contributed by atoms with Crippen molar-refractivity contribution in [2.75, 3.05) is 18.4 Å². The fraction of sp³-hybridized carbons (Fsp3) is 0.381. The zero-order chi connectivity index (χ0) is 22.5. The Labute approximate surface area is 186 Å². The number of rotatable bonds is 4. The Morgan fingerprint density at radius 1 is 1.34 bits per heavy atom. The predicted octanol–water partition coefficient (Wildman–Crippen LogP) is 3.46. The third-order valence-corrected chi connectivity index (χ3v) is 6.75. The number of alkyl halides is 2. The summed E-state index contributed by atoms with van der Waals surface area (Å²) in [5.74, 6) is -0.0770. The molecule has 1 amide bonds. The molecule has 1 aromatic carbocycles. The standard InChI is InChI=1S/C21H20F2N4O4S/c1-12(26-6-2-3-14(11-26)13-4-7-27(29)8-5-13)19(28)25-20-24-15-9-16-17(10-18(15)32-20)31-21(22,23)30-16/h4-5,7-10,12,14H,2-3,6,11H2,1H3,(H,24,25,28)/t12-,14+/m0/s1. The highest BCUT2D eigenvalue weighted by atomic mass is 32.1. The summed E-state index contributed by atoms with van der Waals surface area (Å²) in [7, 11) is 0. The van der Waals surface area contributed by atoms with E-state index in [0.717, 1.165) is 29.7 Å². The number of benzene rings is 1. The maximum Gasteiger partial charge on any atom is 0.586 e. The molecule has 5 rings (SSSR count). The molecule has 0 aliphatic carbocycles. The van der Waals surface area contributed by atoms with Gasteiger partial charge in [-0.1, -0.05) is 11.3 Å². The summed E-state index contributed by atoms with van der Waals surface area (Å²) in [5.41, 5.74) is 1.53. The van der Waals surface area contributed by atoms with Crippen LogP contribution in [0.3, 0.4) is 0 Å². The van der Waals surface area contributed by atoms with Gasteiger partial charge in [-0.15, -0.1) is 8.78 Å². The van der Waals surface area contributed by atoms with Gasteiger partial charge < -0.3 is 20.0 Å². The number of hydrogen-bond donors (Lipinski definition) is 1. The number of carbonyl (C=O) groups excluding carboxylic acids is 1. The Hall–Kier alpha value is -3.05. The van der Waals surface area contributed by atoms with E-state index < -0.39 is 6.29 Å². The molecule has 0 spiro atoms. The average Bonchev–Trinajstić information content (AvgIpc) is 3.28. The monoisotopic (exact) mass is 462 g/mol. The van der Waals surface area contributed by atoms with Gasteiger partial charge in [0, 0.05) is 30.8 Å². The lowest BCUT2D eigenvalue weighted by Gasteiger charge is -2.36. The van der Waals surface area contributed by atoms with Crippen LogP contribution in [-0.4, -0.2) is 41.2 Å². The first-order valence-electron chi connectivity index (χ1n) is 10.2. The topological polar surface area (TPSA) is 90.6 Å². The van der Waals surface area contributed by atoms with Crippen LogP contribution in [0.15, 0.2) is 36.7 Å². The van der Waals surface area contributed by atoms with Crippen molar-refractivity contribution in [2.24, 2.45) is 0 Å². The van der Waals surface area contributed by atoms with Crippen LogP contribution in [0.5, 0.6) is 11.5 Å². The van der Waals surface area contributed by atoms with Gasteiger partial charge in [-0.3, -0.25) is 9.69 Å². The van der Waals surface area contributed by atoms with Crippen molar-refractivity contribution in [3.63, 3.8) is 0 Å². The maximum absolute atomic E-state index is 13.2. The number of pyridine rings is 1. The van der Waals surface area contributed by atoms with Crippen LogP contribution in [0.4, 0.5) is 13.9 Å². The average molecular weight is 462 g/mol. The number of nitrogens with one attached hydrogen (secondary N) is 1. The van der Waals surface area contributed by atoms with Gasteiger partial charge >= 0.3 is 6.29 Å². The number of likely N-dealkylation sites (tertiary alicyclic amines) is 1. The summed E-state index contributed by atoms with van der Waals surface area (Å²) in [5, 5.41) is 14.5. The number of anilines is 1. The summed E-state index contributed by atoms with van der Waals surface area (Å²) >= 11 is 1.18. The molecule has 168 valence electrons. The number of halogens is 2. The summed E-state index contributed by atoms with van der Waals surface area (Å²) in [6.07, 6.45) is 1.25. The van der Waals surface area contributed by atoms with Crippen LogP contribution in [0, 0.1) is 5.21 Å². The Morgan fingerprint density at radius 2 is 2.06 bits per heavy atom. The van der Waals surface area contributed by atoms with Crippen molar-refractivity contribution in [3.8, 4) is 11.5 Å². The van der Waals surface area contributed by atoms with Gasteiger partial charge in [0.25, 0.3) is 0 Å². The summed E-state index contributed by atoms with van der Waals surface area (Å²) in [6.45, 7) is 3.36. The Kier molecular flexibility index (Phi) is 5.09. The van der Waals surface area contributed by atoms with Crippen molar-refractivity contribution in [1.82, 2.24) is 9.88 Å². The van der Waals surface area contributed by atoms with Crippen LogP contribution < -0.4 is 19.5 Å². The molecular formula is C21H20F2N4O4S. The number of nitrogens with zero attached hydrogens (tertiary/aromatic N) is 3. The minimum Gasteiger partial charge on any atom is -0.619 e. The van der Waals surface area contributed by atoms with E-state index in [2.05, 4.69) is 24.7 Å². The van der Waals surface area contributed by atoms with E-state index in [1.807, 2.05) is 19.1 Å². The Bertz CT molecular complexity index is 1130. The third-order valence-electron chi connectivity index (χ3n) is 5.82. The van der Waals surface area contributed by atoms with Crippen LogP contribution in [0.2, 0.25) is 0 Å². The molecule has 3 aromatic rings. The zero-order valence-electron chi connectivity index (χ0n) is 17.1. The van der Waals surface area contributed by atoms with E-state index in [4.69, 9.17) is 0 Å². The number of hydrogen-bond acceptors (Lipinski definition) is 7. The highest BCUT2D eigenvalue weighted by molar-refractivity contribution is 7.22. The molecule has 0 radical (unpaired) electrons. The number of aromatic nitrogens is 2. The lowest BCUT2D eigenvalue weighted by atomic mass is 9.90. The third kappa shape index (κ3) is 4.05. The van der Waals surface area contributed by atoms with E-state index in [1.165, 1.54) is 35.9 Å². The number of fused-ring (bicyclic) bond motifs is 2. The number of piperidine rings is 1. The van der Waals surface area contributed by atoms with Gasteiger partial charge in [0.15, 0.2) is 29.0 Å². The predicted molar refractivity (Wildman–Crippen MR) is 113 cm³/mol. The van der Waals surface area contributed by atoms with E-state index in [-0.39, 0.29) is 29.4 Å². The molecule has 0 bridgehead atoms. The lowest BCUT2D eigenvalue weighted by molar-refractivity contribution is -0.605. The molecule has 1 N–H and O–H groups in total. The number of thiazole rings is 1. The van der Waals surface area contributed by atoms with Crippen LogP contribution >= 0.6 is 11.3 Å². The van der Waals surface area contributed by atoms with Gasteiger partial charge in [0.1, 0.15) is 0 Å². The quantitative estimate of drug-likeness (QED) is 0.472. The van der Waals surface area contributed by atoms with Gasteiger partial charge in [0.05, 0.1) is 16.3 Å². The molecule has 11 heteroatoms. The van der Waals surface area contributed by atoms with Crippen molar-refractivity contribution >= 4 is 32.6 Å². The lowest BCUT2D eigenvalue weighted by Crippen LogP contribution is -2.46. The van der Waals surface area contributed by atoms with Crippen LogP contribution in [-0.2, 0) is 4.79 Å². The second-order valence-electron chi connectivity index (χ2n) is 7.94. The second kappa shape index (κ2) is 7.82. The minimum absolute atomic E-state index is 0.0554. The van der Waals surface area contributed by atoms with Crippen LogP contribution in [0.25, 0.3) is 10.2 Å². The van der Waals surface area contributed by atoms with Gasteiger partial charge in [0.2, 0.25) is 5.91 Å². The molecule has 8 nitrogen and oxygen atoms in total. The van der Waals surface area contributed by atoms with E-state index in [0.29, 0.717) is 21.9 Å². The largest absolute Gasteiger partial charge is 0.619 e. The number of amides is 1. The van der Waals surface area contributed by atoms with Crippen molar-refractivity contribution in [3.05, 3.63) is 47.4 Å². The maximum atomic E-state index is 13.2. The fourth-order valence-electron chi connectivity index (χ4n) is 4.13. The van der Waals surface area contributed by atoms with Crippen molar-refractivity contribution < 1.29 is 27.8 Å². The number of carbonyl (C=O) groups is 1. The van der Waals surface area contributed by atoms with Gasteiger partial charge in [-0.25, -0.2) is 4.98 Å². The zero-order valence-corrected chi connectivity index (χ0v) is 17.9. The molecule has 0 saturated carbocycles. The summed E-state index contributed by atoms with van der Waals surface area (Å²) in [6, 6.07) is 6.08. The number of ether oxygens (including phenoxy) is 2. The van der Waals surface area contributed by atoms with E-state index in [1.54, 1.807) is 0 Å². The second-order valence-corrected chi connectivity index (χ2v) is 8.97. The molecule has 2 atom stereocenters. The Balaban J connectivity index is 1.26. The van der Waals surface area contributed by atoms with Crippen molar-refractivity contribution in [1.29, 1.82) is 0 Å². The molecule has 2 aromatic heterocycles. The first kappa shape index (κ1) is 20.8. The molecular weight excluding hydrogens is 442 g/mol. The smallest absolute Gasteiger partial charge is 0.586 e. The normalized spacial score (nSPS) is 20.9. The Morgan fingerprint density at radius 3 is 2.81 bits per heavy atom. The van der Waals surface area contributed by atoms with Gasteiger partial charge in [-0.2, -0.15) is 4.73 Å². The highest BCUT2D eigenvalue weighted by Crippen LogP contribution is 2.44. The highest BCUT2D eigenvalue weighted by Gasteiger charge is 2.43. The molecule has 4 heterocycles. The minimum atomic E-state index is -3.68. The fourth-order valence-corrected chi connectivity index (χ4v) is 5.01. The molecule has 32 heavy (non-hydrogen) atoms. The molecule has 1 saturated heterocycles. The van der Waals surface area contributed by atoms with E-state index in [9.17, 15) is 18.8 Å². The molecule has 0 unspecified atom stereocenters. The molecule has 1 fully saturated rings. The first-order chi connectivity index (χ1) is 15.3.